The summed E-state index contributed by atoms with van der Waals surface area (Å²) < 4.78 is 23.2. The smallest absolute Gasteiger partial charge is 0.331 e. The van der Waals surface area contributed by atoms with E-state index in [0.29, 0.717) is 10.8 Å². The van der Waals surface area contributed by atoms with Crippen LogP contribution in [-0.2, 0) is 45.0 Å². The lowest BCUT2D eigenvalue weighted by molar-refractivity contribution is -0.525. The molecule has 1 rings (SSSR count). The topological polar surface area (TPSA) is 331 Å². The largest absolute Gasteiger partial charge is 0.467 e. The van der Waals surface area contributed by atoms with E-state index in [9.17, 15) is 52.9 Å². The van der Waals surface area contributed by atoms with E-state index in [1.165, 1.54) is 0 Å². The highest BCUT2D eigenvalue weighted by atomic mass is 19.1. The SMILES string of the molecule is COC(=O)[C@H](CCCN=C(N)N[N+](=O)[O-])NC(=O)CNC(=O)[C@H](CC(N)=O)NC(=O)CCC(=O)OCn1cc(F)c(=O)[nH]c1=O. The van der Waals surface area contributed by atoms with Crippen LogP contribution in [0.2, 0.25) is 0 Å². The van der Waals surface area contributed by atoms with Crippen LogP contribution in [-0.4, -0.2) is 88.4 Å². The fourth-order valence-electron chi connectivity index (χ4n) is 3.24. The van der Waals surface area contributed by atoms with Crippen molar-refractivity contribution in [3.8, 4) is 0 Å². The number of methoxy groups -OCH3 is 1. The lowest BCUT2D eigenvalue weighted by Gasteiger charge is -2.19. The molecule has 248 valence electrons. The number of amides is 4. The molecular formula is C22H31FN10O12. The van der Waals surface area contributed by atoms with Crippen LogP contribution in [0.3, 0.4) is 0 Å². The monoisotopic (exact) mass is 646 g/mol. The van der Waals surface area contributed by atoms with Crippen LogP contribution in [0.1, 0.15) is 32.1 Å². The zero-order valence-electron chi connectivity index (χ0n) is 23.7. The molecule has 9 N–H and O–H groups in total. The van der Waals surface area contributed by atoms with E-state index in [1.807, 2.05) is 0 Å². The molecule has 45 heavy (non-hydrogen) atoms. The van der Waals surface area contributed by atoms with Crippen LogP contribution in [0.15, 0.2) is 20.8 Å². The molecule has 0 radical (unpaired) electrons. The number of nitrogens with zero attached hydrogens (tertiary/aromatic N) is 3. The number of esters is 2. The molecule has 1 aromatic heterocycles. The van der Waals surface area contributed by atoms with Crippen molar-refractivity contribution in [1.82, 2.24) is 30.9 Å². The summed E-state index contributed by atoms with van der Waals surface area (Å²) in [6.07, 6.45) is -1.20. The second-order valence-electron chi connectivity index (χ2n) is 8.78. The number of carbonyl (C=O) groups is 6. The quantitative estimate of drug-likeness (QED) is 0.0196. The Labute approximate surface area is 251 Å². The van der Waals surface area contributed by atoms with Crippen molar-refractivity contribution >= 4 is 41.5 Å². The minimum atomic E-state index is -1.56. The Bertz CT molecular complexity index is 1430. The van der Waals surface area contributed by atoms with E-state index in [2.05, 4.69) is 25.7 Å². The Morgan fingerprint density at radius 1 is 1.11 bits per heavy atom. The zero-order chi connectivity index (χ0) is 34.1. The predicted molar refractivity (Wildman–Crippen MR) is 145 cm³/mol. The van der Waals surface area contributed by atoms with Gasteiger partial charge >= 0.3 is 17.6 Å². The first-order valence-corrected chi connectivity index (χ1v) is 12.7. The number of aromatic nitrogens is 2. The minimum absolute atomic E-state index is 0.0249. The number of nitrogens with two attached hydrogens (primary N) is 2. The summed E-state index contributed by atoms with van der Waals surface area (Å²) in [6.45, 7) is -1.54. The van der Waals surface area contributed by atoms with Gasteiger partial charge in [-0.15, -0.1) is 0 Å². The number of hydrogen-bond acceptors (Lipinski definition) is 13. The number of halogens is 1. The van der Waals surface area contributed by atoms with Crippen LogP contribution < -0.4 is 44.1 Å². The summed E-state index contributed by atoms with van der Waals surface area (Å²) in [5.74, 6) is -7.43. The minimum Gasteiger partial charge on any atom is -0.467 e. The number of nitrogens with one attached hydrogen (secondary N) is 5. The van der Waals surface area contributed by atoms with Crippen molar-refractivity contribution in [1.29, 1.82) is 0 Å². The molecule has 0 aliphatic heterocycles. The molecule has 0 saturated heterocycles. The second kappa shape index (κ2) is 18.6. The van der Waals surface area contributed by atoms with E-state index in [-0.39, 0.29) is 19.4 Å². The predicted octanol–water partition coefficient (Wildman–Crippen LogP) is -5.03. The molecule has 0 spiro atoms. The summed E-state index contributed by atoms with van der Waals surface area (Å²) in [5.41, 5.74) is 9.70. The van der Waals surface area contributed by atoms with Crippen molar-refractivity contribution in [2.24, 2.45) is 16.5 Å². The molecule has 0 unspecified atom stereocenters. The first kappa shape index (κ1) is 37.1. The number of carbonyl (C=O) groups excluding carboxylic acids is 6. The van der Waals surface area contributed by atoms with E-state index in [4.69, 9.17) is 16.2 Å². The van der Waals surface area contributed by atoms with E-state index in [1.54, 1.807) is 10.4 Å². The van der Waals surface area contributed by atoms with Gasteiger partial charge in [0.05, 0.1) is 32.7 Å². The maximum atomic E-state index is 13.3. The van der Waals surface area contributed by atoms with Gasteiger partial charge in [0.15, 0.2) is 11.8 Å². The van der Waals surface area contributed by atoms with Gasteiger partial charge < -0.3 is 36.9 Å². The van der Waals surface area contributed by atoms with Crippen molar-refractivity contribution in [2.75, 3.05) is 20.2 Å². The number of hydrogen-bond donors (Lipinski definition) is 7. The van der Waals surface area contributed by atoms with Gasteiger partial charge in [-0.1, -0.05) is 5.43 Å². The molecule has 0 aromatic carbocycles. The molecule has 1 aromatic rings. The van der Waals surface area contributed by atoms with E-state index in [0.717, 1.165) is 7.11 Å². The fourth-order valence-corrected chi connectivity index (χ4v) is 3.24. The van der Waals surface area contributed by atoms with Gasteiger partial charge in [0.1, 0.15) is 12.1 Å². The van der Waals surface area contributed by atoms with Crippen molar-refractivity contribution in [3.63, 3.8) is 0 Å². The number of hydrazine groups is 1. The summed E-state index contributed by atoms with van der Waals surface area (Å²) in [5, 5.41) is 16.0. The van der Waals surface area contributed by atoms with Crippen LogP contribution in [0.4, 0.5) is 4.39 Å². The summed E-state index contributed by atoms with van der Waals surface area (Å²) in [6, 6.07) is -2.75. The van der Waals surface area contributed by atoms with Crippen LogP contribution in [0, 0.1) is 15.9 Å². The van der Waals surface area contributed by atoms with Gasteiger partial charge in [-0.3, -0.25) is 38.3 Å². The number of aromatic amines is 1. The van der Waals surface area contributed by atoms with Gasteiger partial charge in [-0.05, 0) is 12.8 Å². The van der Waals surface area contributed by atoms with Crippen molar-refractivity contribution in [3.05, 3.63) is 43.0 Å². The fraction of sp³-hybridized carbons (Fsp3) is 0.500. The summed E-state index contributed by atoms with van der Waals surface area (Å²) in [7, 11) is 1.06. The van der Waals surface area contributed by atoms with Crippen LogP contribution in [0.5, 0.6) is 0 Å². The van der Waals surface area contributed by atoms with Gasteiger partial charge in [-0.25, -0.2) is 24.7 Å². The zero-order valence-corrected chi connectivity index (χ0v) is 23.7. The average Bonchev–Trinajstić information content (AvgIpc) is 2.96. The summed E-state index contributed by atoms with van der Waals surface area (Å²) >= 11 is 0. The molecule has 0 aliphatic carbocycles. The lowest BCUT2D eigenvalue weighted by Crippen LogP contribution is -2.52. The Hall–Kier alpha value is -5.90. The molecule has 23 heteroatoms. The Kier molecular flexibility index (Phi) is 15.3. The Morgan fingerprint density at radius 2 is 1.78 bits per heavy atom. The molecule has 0 saturated carbocycles. The number of ether oxygens (including phenoxy) is 2. The highest BCUT2D eigenvalue weighted by Crippen LogP contribution is 2.02. The van der Waals surface area contributed by atoms with E-state index >= 15 is 0 Å². The van der Waals surface area contributed by atoms with Gasteiger partial charge in [0.2, 0.25) is 29.4 Å². The number of primary amides is 1. The molecule has 2 atom stereocenters. The average molecular weight is 647 g/mol. The third-order valence-electron chi connectivity index (χ3n) is 5.33. The standard InChI is InChI=1S/C22H31FN10O12/c1-44-20(40)12(3-2-6-26-21(25)31-33(42)43)28-16(36)8-27-19(39)13(7-14(24)34)29-15(35)4-5-17(37)45-10-32-9-11(23)18(38)30-22(32)41/h9,12-13H,2-8,10H2,1H3,(H2,24,34)(H,27,39)(H,28,36)(H,29,35)(H3,25,26,31)(H,30,38,41)/t12-,13-/m0/s1. The second-order valence-corrected chi connectivity index (χ2v) is 8.78. The molecular weight excluding hydrogens is 615 g/mol. The number of guanidine groups is 1. The highest BCUT2D eigenvalue weighted by Gasteiger charge is 2.25. The molecule has 0 fully saturated rings. The number of nitro groups is 1. The van der Waals surface area contributed by atoms with E-state index < -0.39 is 108 Å². The highest BCUT2D eigenvalue weighted by molar-refractivity contribution is 5.94. The number of H-pyrrole nitrogens is 1. The Morgan fingerprint density at radius 3 is 2.40 bits per heavy atom. The van der Waals surface area contributed by atoms with Crippen LogP contribution in [0.25, 0.3) is 0 Å². The third-order valence-corrected chi connectivity index (χ3v) is 5.33. The third kappa shape index (κ3) is 14.7. The molecule has 22 nitrogen and oxygen atoms in total. The molecule has 1 heterocycles. The normalized spacial score (nSPS) is 12.2. The number of aliphatic imine (C=N–C) groups is 1. The maximum Gasteiger partial charge on any atom is 0.331 e. The van der Waals surface area contributed by atoms with Gasteiger partial charge in [0, 0.05) is 13.0 Å². The maximum absolute atomic E-state index is 13.3. The lowest BCUT2D eigenvalue weighted by atomic mass is 10.1. The molecule has 0 bridgehead atoms. The molecule has 0 aliphatic rings. The van der Waals surface area contributed by atoms with Gasteiger partial charge in [-0.2, -0.15) is 4.39 Å². The van der Waals surface area contributed by atoms with Crippen molar-refractivity contribution < 1.29 is 47.7 Å². The summed E-state index contributed by atoms with van der Waals surface area (Å²) in [4.78, 5) is 111. The van der Waals surface area contributed by atoms with Gasteiger partial charge in [0.25, 0.3) is 11.5 Å². The van der Waals surface area contributed by atoms with Crippen molar-refractivity contribution in [2.45, 2.75) is 50.9 Å². The first-order chi connectivity index (χ1) is 21.1. The molecule has 4 amide bonds. The number of rotatable bonds is 18. The first-order valence-electron chi connectivity index (χ1n) is 12.7. The Balaban J connectivity index is 2.62. The van der Waals surface area contributed by atoms with Crippen LogP contribution >= 0.6 is 0 Å².